The number of carbonyl (C=O) groups excluding carboxylic acids is 3. The van der Waals surface area contributed by atoms with E-state index >= 15 is 0 Å². The van der Waals surface area contributed by atoms with E-state index < -0.39 is 18.1 Å². The van der Waals surface area contributed by atoms with E-state index in [-0.39, 0.29) is 36.7 Å². The Bertz CT molecular complexity index is 547. The minimum atomic E-state index is -0.979. The molecule has 0 fully saturated rings. The van der Waals surface area contributed by atoms with Gasteiger partial charge in [-0.2, -0.15) is 0 Å². The molecule has 1 aromatic carbocycles. The van der Waals surface area contributed by atoms with Gasteiger partial charge in [-0.25, -0.2) is 4.79 Å². The predicted molar refractivity (Wildman–Crippen MR) is 92.8 cm³/mol. The van der Waals surface area contributed by atoms with Crippen LogP contribution in [0.3, 0.4) is 0 Å². The Kier molecular flexibility index (Phi) is 9.07. The number of ketones is 1. The maximum atomic E-state index is 11.9. The Labute approximate surface area is 150 Å². The summed E-state index contributed by atoms with van der Waals surface area (Å²) in [6, 6.07) is 8.18. The smallest absolute Gasteiger partial charge is 0.408 e. The Balaban J connectivity index is 2.50. The maximum Gasteiger partial charge on any atom is 0.408 e. The first-order valence-electron chi connectivity index (χ1n) is 7.64. The van der Waals surface area contributed by atoms with Crippen molar-refractivity contribution in [2.45, 2.75) is 32.9 Å². The molecule has 0 spiro atoms. The van der Waals surface area contributed by atoms with E-state index in [0.29, 0.717) is 0 Å². The molecule has 0 aliphatic heterocycles. The third kappa shape index (κ3) is 8.10. The molecule has 0 heterocycles. The van der Waals surface area contributed by atoms with E-state index in [0.717, 1.165) is 5.56 Å². The zero-order valence-electron chi connectivity index (χ0n) is 13.8. The van der Waals surface area contributed by atoms with Crippen molar-refractivity contribution in [2.75, 3.05) is 11.9 Å². The van der Waals surface area contributed by atoms with Crippen molar-refractivity contribution in [3.05, 3.63) is 35.9 Å². The number of carbonyl (C=O) groups is 3. The molecule has 1 amide bonds. The van der Waals surface area contributed by atoms with Crippen LogP contribution in [0.5, 0.6) is 0 Å². The molecule has 1 atom stereocenters. The Morgan fingerprint density at radius 1 is 1.12 bits per heavy atom. The van der Waals surface area contributed by atoms with Crippen LogP contribution in [0, 0.1) is 5.92 Å². The normalized spacial score (nSPS) is 11.7. The molecule has 0 saturated carbocycles. The molecule has 24 heavy (non-hydrogen) atoms. The largest absolute Gasteiger partial charge is 0.465 e. The second kappa shape index (κ2) is 10.8. The van der Waals surface area contributed by atoms with Gasteiger partial charge < -0.3 is 14.8 Å². The zero-order chi connectivity index (χ0) is 17.9. The summed E-state index contributed by atoms with van der Waals surface area (Å²) >= 11 is 3.04. The summed E-state index contributed by atoms with van der Waals surface area (Å²) in [7, 11) is 0. The van der Waals surface area contributed by atoms with Crippen LogP contribution >= 0.6 is 15.9 Å². The van der Waals surface area contributed by atoms with Gasteiger partial charge in [-0.1, -0.05) is 60.1 Å². The quantitative estimate of drug-likeness (QED) is 0.509. The van der Waals surface area contributed by atoms with Crippen molar-refractivity contribution < 1.29 is 23.9 Å². The van der Waals surface area contributed by atoms with Crippen molar-refractivity contribution >= 4 is 33.8 Å². The van der Waals surface area contributed by atoms with Crippen molar-refractivity contribution in [1.29, 1.82) is 0 Å². The number of benzene rings is 1. The van der Waals surface area contributed by atoms with E-state index in [1.807, 2.05) is 44.2 Å². The summed E-state index contributed by atoms with van der Waals surface area (Å²) < 4.78 is 10.1. The van der Waals surface area contributed by atoms with Crippen LogP contribution in [0.2, 0.25) is 0 Å². The average molecular weight is 400 g/mol. The number of esters is 1. The van der Waals surface area contributed by atoms with Crippen LogP contribution in [0.4, 0.5) is 4.79 Å². The van der Waals surface area contributed by atoms with Crippen LogP contribution in [0.1, 0.15) is 25.8 Å². The molecule has 0 aliphatic carbocycles. The average Bonchev–Trinajstić information content (AvgIpc) is 2.57. The van der Waals surface area contributed by atoms with Crippen LogP contribution in [0.25, 0.3) is 0 Å². The second-order valence-corrected chi connectivity index (χ2v) is 6.20. The number of nitrogens with one attached hydrogen (secondary N) is 1. The molecule has 1 N–H and O–H groups in total. The van der Waals surface area contributed by atoms with Gasteiger partial charge in [0.1, 0.15) is 12.6 Å². The topological polar surface area (TPSA) is 81.7 Å². The molecule has 6 nitrogen and oxygen atoms in total. The van der Waals surface area contributed by atoms with Crippen molar-refractivity contribution in [1.82, 2.24) is 5.32 Å². The van der Waals surface area contributed by atoms with Crippen molar-refractivity contribution in [3.63, 3.8) is 0 Å². The first-order valence-corrected chi connectivity index (χ1v) is 8.76. The van der Waals surface area contributed by atoms with E-state index in [9.17, 15) is 14.4 Å². The van der Waals surface area contributed by atoms with Gasteiger partial charge >= 0.3 is 12.1 Å². The number of halogens is 1. The lowest BCUT2D eigenvalue weighted by Gasteiger charge is -2.16. The van der Waals surface area contributed by atoms with Crippen LogP contribution in [-0.2, 0) is 25.7 Å². The van der Waals surface area contributed by atoms with Gasteiger partial charge in [-0.15, -0.1) is 0 Å². The van der Waals surface area contributed by atoms with Gasteiger partial charge in [-0.3, -0.25) is 9.59 Å². The van der Waals surface area contributed by atoms with Gasteiger partial charge in [-0.05, 0) is 11.5 Å². The van der Waals surface area contributed by atoms with Gasteiger partial charge in [0.15, 0.2) is 5.78 Å². The summed E-state index contributed by atoms with van der Waals surface area (Å²) in [5.74, 6) is -0.664. The molecular weight excluding hydrogens is 378 g/mol. The standard InChI is InChI=1S/C17H22BrNO5/c1-12(2)10-23-16(21)8-14(15(20)9-18)19-17(22)24-11-13-6-4-3-5-7-13/h3-7,12,14H,8-11H2,1-2H3,(H,19,22). The summed E-state index contributed by atoms with van der Waals surface area (Å²) in [6.45, 7) is 4.17. The number of hydrogen-bond acceptors (Lipinski definition) is 5. The molecule has 1 aromatic rings. The fraction of sp³-hybridized carbons (Fsp3) is 0.471. The van der Waals surface area contributed by atoms with E-state index in [4.69, 9.17) is 9.47 Å². The highest BCUT2D eigenvalue weighted by Crippen LogP contribution is 2.04. The monoisotopic (exact) mass is 399 g/mol. The van der Waals surface area contributed by atoms with Crippen LogP contribution in [0.15, 0.2) is 30.3 Å². The molecule has 0 bridgehead atoms. The minimum absolute atomic E-state index is 0.0219. The lowest BCUT2D eigenvalue weighted by atomic mass is 10.1. The van der Waals surface area contributed by atoms with E-state index in [1.54, 1.807) is 0 Å². The number of hydrogen-bond donors (Lipinski definition) is 1. The van der Waals surface area contributed by atoms with E-state index in [2.05, 4.69) is 21.2 Å². The SMILES string of the molecule is CC(C)COC(=O)CC(NC(=O)OCc1ccccc1)C(=O)CBr. The molecule has 1 unspecified atom stereocenters. The van der Waals surface area contributed by atoms with Crippen LogP contribution < -0.4 is 5.32 Å². The van der Waals surface area contributed by atoms with E-state index in [1.165, 1.54) is 0 Å². The lowest BCUT2D eigenvalue weighted by molar-refractivity contribution is -0.146. The summed E-state index contributed by atoms with van der Waals surface area (Å²) in [4.78, 5) is 35.5. The highest BCUT2D eigenvalue weighted by atomic mass is 79.9. The number of rotatable bonds is 9. The highest BCUT2D eigenvalue weighted by Gasteiger charge is 2.24. The third-order valence-electron chi connectivity index (χ3n) is 2.97. The molecule has 0 radical (unpaired) electrons. The predicted octanol–water partition coefficient (Wildman–Crippen LogP) is 2.83. The minimum Gasteiger partial charge on any atom is -0.465 e. The Morgan fingerprint density at radius 3 is 2.38 bits per heavy atom. The summed E-state index contributed by atoms with van der Waals surface area (Å²) in [5.41, 5.74) is 0.826. The Morgan fingerprint density at radius 2 is 1.79 bits per heavy atom. The zero-order valence-corrected chi connectivity index (χ0v) is 15.4. The van der Waals surface area contributed by atoms with Gasteiger partial charge in [0.2, 0.25) is 0 Å². The Hall–Kier alpha value is -1.89. The molecule has 1 rings (SSSR count). The number of ether oxygens (including phenoxy) is 2. The van der Waals surface area contributed by atoms with Crippen LogP contribution in [-0.4, -0.2) is 35.8 Å². The fourth-order valence-electron chi connectivity index (χ4n) is 1.73. The lowest BCUT2D eigenvalue weighted by Crippen LogP contribution is -2.43. The van der Waals surface area contributed by atoms with Gasteiger partial charge in [0, 0.05) is 0 Å². The van der Waals surface area contributed by atoms with Gasteiger partial charge in [0.05, 0.1) is 18.4 Å². The third-order valence-corrected chi connectivity index (χ3v) is 3.53. The molecule has 0 saturated heterocycles. The first-order chi connectivity index (χ1) is 11.4. The van der Waals surface area contributed by atoms with Gasteiger partial charge in [0.25, 0.3) is 0 Å². The molecule has 0 aliphatic rings. The number of Topliss-reactive ketones (excluding diaryl/α,β-unsaturated/α-hetero) is 1. The van der Waals surface area contributed by atoms with Crippen molar-refractivity contribution in [2.24, 2.45) is 5.92 Å². The highest BCUT2D eigenvalue weighted by molar-refractivity contribution is 9.09. The molecule has 0 aromatic heterocycles. The summed E-state index contributed by atoms with van der Waals surface area (Å²) in [5, 5.41) is 2.44. The second-order valence-electron chi connectivity index (χ2n) is 5.64. The molecular formula is C17H22BrNO5. The number of amides is 1. The van der Waals surface area contributed by atoms with Crippen molar-refractivity contribution in [3.8, 4) is 0 Å². The fourth-order valence-corrected chi connectivity index (χ4v) is 2.12. The first kappa shape index (κ1) is 20.2. The maximum absolute atomic E-state index is 11.9. The molecule has 132 valence electrons. The number of alkyl halides is 1. The number of alkyl carbamates (subject to hydrolysis) is 1. The molecule has 7 heteroatoms. The summed E-state index contributed by atoms with van der Waals surface area (Å²) in [6.07, 6.45) is -0.979.